The standard InChI is InChI=1S/C11H13F2NS/c12-10-2-1-9(7-11(10)13)15-8-3-5-14-6-4-8/h1-2,7-8,14H,3-6H2. The molecule has 1 aromatic carbocycles. The van der Waals surface area contributed by atoms with Crippen LogP contribution in [0.4, 0.5) is 8.78 Å². The van der Waals surface area contributed by atoms with E-state index in [2.05, 4.69) is 5.32 Å². The average molecular weight is 229 g/mol. The lowest BCUT2D eigenvalue weighted by atomic mass is 10.2. The summed E-state index contributed by atoms with van der Waals surface area (Å²) >= 11 is 1.64. The highest BCUT2D eigenvalue weighted by Crippen LogP contribution is 2.29. The molecule has 0 bridgehead atoms. The molecule has 0 spiro atoms. The maximum Gasteiger partial charge on any atom is 0.159 e. The lowest BCUT2D eigenvalue weighted by Gasteiger charge is -2.21. The quantitative estimate of drug-likeness (QED) is 0.837. The Balaban J connectivity index is 2.00. The summed E-state index contributed by atoms with van der Waals surface area (Å²) < 4.78 is 25.6. The predicted octanol–water partition coefficient (Wildman–Crippen LogP) is 2.81. The fourth-order valence-electron chi connectivity index (χ4n) is 1.66. The number of hydrogen-bond donors (Lipinski definition) is 1. The summed E-state index contributed by atoms with van der Waals surface area (Å²) in [6.07, 6.45) is 2.17. The molecule has 1 saturated heterocycles. The van der Waals surface area contributed by atoms with Crippen molar-refractivity contribution in [2.24, 2.45) is 0 Å². The largest absolute Gasteiger partial charge is 0.317 e. The van der Waals surface area contributed by atoms with Crippen molar-refractivity contribution in [1.82, 2.24) is 5.32 Å². The Labute approximate surface area is 92.3 Å². The van der Waals surface area contributed by atoms with Crippen LogP contribution in [0.3, 0.4) is 0 Å². The molecule has 1 nitrogen and oxygen atoms in total. The second-order valence-corrected chi connectivity index (χ2v) is 5.02. The Morgan fingerprint density at radius 1 is 1.13 bits per heavy atom. The van der Waals surface area contributed by atoms with Gasteiger partial charge in [-0.3, -0.25) is 0 Å². The van der Waals surface area contributed by atoms with Gasteiger partial charge in [0.05, 0.1) is 0 Å². The van der Waals surface area contributed by atoms with Gasteiger partial charge in [-0.05, 0) is 44.1 Å². The lowest BCUT2D eigenvalue weighted by Crippen LogP contribution is -2.29. The number of benzene rings is 1. The summed E-state index contributed by atoms with van der Waals surface area (Å²) in [5, 5.41) is 3.80. The van der Waals surface area contributed by atoms with E-state index in [-0.39, 0.29) is 0 Å². The Kier molecular flexibility index (Phi) is 3.59. The molecule has 1 N–H and O–H groups in total. The van der Waals surface area contributed by atoms with E-state index in [0.29, 0.717) is 5.25 Å². The monoisotopic (exact) mass is 229 g/mol. The summed E-state index contributed by atoms with van der Waals surface area (Å²) in [7, 11) is 0. The first-order valence-corrected chi connectivity index (χ1v) is 5.96. The van der Waals surface area contributed by atoms with Crippen molar-refractivity contribution >= 4 is 11.8 Å². The zero-order valence-corrected chi connectivity index (χ0v) is 9.12. The Morgan fingerprint density at radius 2 is 1.87 bits per heavy atom. The number of halogens is 2. The Hall–Kier alpha value is -0.610. The first-order chi connectivity index (χ1) is 7.25. The number of thioether (sulfide) groups is 1. The van der Waals surface area contributed by atoms with E-state index in [0.717, 1.165) is 30.8 Å². The highest BCUT2D eigenvalue weighted by Gasteiger charge is 2.14. The third-order valence-corrected chi connectivity index (χ3v) is 3.81. The van der Waals surface area contributed by atoms with Gasteiger partial charge in [-0.15, -0.1) is 11.8 Å². The Bertz CT molecular complexity index is 337. The van der Waals surface area contributed by atoms with Gasteiger partial charge in [0, 0.05) is 10.1 Å². The molecular weight excluding hydrogens is 216 g/mol. The Morgan fingerprint density at radius 3 is 2.53 bits per heavy atom. The van der Waals surface area contributed by atoms with Gasteiger partial charge in [-0.25, -0.2) is 8.78 Å². The van der Waals surface area contributed by atoms with Crippen molar-refractivity contribution in [1.29, 1.82) is 0 Å². The lowest BCUT2D eigenvalue weighted by molar-refractivity contribution is 0.505. The second kappa shape index (κ2) is 4.94. The minimum Gasteiger partial charge on any atom is -0.317 e. The van der Waals surface area contributed by atoms with E-state index in [1.165, 1.54) is 12.1 Å². The highest BCUT2D eigenvalue weighted by molar-refractivity contribution is 8.00. The van der Waals surface area contributed by atoms with Crippen molar-refractivity contribution in [3.8, 4) is 0 Å². The predicted molar refractivity (Wildman–Crippen MR) is 58.1 cm³/mol. The van der Waals surface area contributed by atoms with Crippen LogP contribution in [0.1, 0.15) is 12.8 Å². The summed E-state index contributed by atoms with van der Waals surface area (Å²) in [6, 6.07) is 4.12. The zero-order chi connectivity index (χ0) is 10.7. The number of hydrogen-bond acceptors (Lipinski definition) is 2. The van der Waals surface area contributed by atoms with Crippen molar-refractivity contribution in [2.45, 2.75) is 23.0 Å². The van der Waals surface area contributed by atoms with Gasteiger partial charge >= 0.3 is 0 Å². The minimum atomic E-state index is -0.773. The molecular formula is C11H13F2NS. The molecule has 1 aliphatic heterocycles. The van der Waals surface area contributed by atoms with E-state index in [9.17, 15) is 8.78 Å². The fourth-order valence-corrected chi connectivity index (χ4v) is 2.83. The van der Waals surface area contributed by atoms with Crippen molar-refractivity contribution in [2.75, 3.05) is 13.1 Å². The maximum absolute atomic E-state index is 12.9. The molecule has 0 unspecified atom stereocenters. The van der Waals surface area contributed by atoms with Gasteiger partial charge in [0.1, 0.15) is 0 Å². The number of piperidine rings is 1. The fraction of sp³-hybridized carbons (Fsp3) is 0.455. The molecule has 0 radical (unpaired) electrons. The van der Waals surface area contributed by atoms with Crippen LogP contribution in [0.15, 0.2) is 23.1 Å². The SMILES string of the molecule is Fc1ccc(SC2CCNCC2)cc1F. The molecule has 1 fully saturated rings. The van der Waals surface area contributed by atoms with Gasteiger partial charge in [-0.1, -0.05) is 0 Å². The molecule has 0 saturated carbocycles. The van der Waals surface area contributed by atoms with E-state index in [4.69, 9.17) is 0 Å². The van der Waals surface area contributed by atoms with Crippen LogP contribution in [0.25, 0.3) is 0 Å². The van der Waals surface area contributed by atoms with Crippen LogP contribution < -0.4 is 5.32 Å². The van der Waals surface area contributed by atoms with E-state index < -0.39 is 11.6 Å². The molecule has 1 aliphatic rings. The molecule has 2 rings (SSSR count). The topological polar surface area (TPSA) is 12.0 Å². The second-order valence-electron chi connectivity index (χ2n) is 3.64. The van der Waals surface area contributed by atoms with Crippen molar-refractivity contribution in [3.63, 3.8) is 0 Å². The summed E-state index contributed by atoms with van der Waals surface area (Å²) in [6.45, 7) is 2.03. The number of rotatable bonds is 2. The molecule has 0 atom stereocenters. The van der Waals surface area contributed by atoms with Gasteiger partial charge < -0.3 is 5.32 Å². The van der Waals surface area contributed by atoms with Gasteiger partial charge in [0.2, 0.25) is 0 Å². The summed E-state index contributed by atoms with van der Waals surface area (Å²) in [5.74, 6) is -1.53. The van der Waals surface area contributed by atoms with E-state index in [1.807, 2.05) is 0 Å². The highest BCUT2D eigenvalue weighted by atomic mass is 32.2. The third kappa shape index (κ3) is 2.92. The van der Waals surface area contributed by atoms with Crippen LogP contribution in [-0.4, -0.2) is 18.3 Å². The first kappa shape index (κ1) is 10.9. The third-order valence-electron chi connectivity index (χ3n) is 2.48. The van der Waals surface area contributed by atoms with Crippen LogP contribution in [0, 0.1) is 11.6 Å². The molecule has 0 amide bonds. The molecule has 1 heterocycles. The first-order valence-electron chi connectivity index (χ1n) is 5.08. The number of nitrogens with one attached hydrogen (secondary N) is 1. The smallest absolute Gasteiger partial charge is 0.159 e. The molecule has 15 heavy (non-hydrogen) atoms. The van der Waals surface area contributed by atoms with Crippen LogP contribution in [0.5, 0.6) is 0 Å². The van der Waals surface area contributed by atoms with Gasteiger partial charge in [0.25, 0.3) is 0 Å². The molecule has 4 heteroatoms. The van der Waals surface area contributed by atoms with Crippen molar-refractivity contribution < 1.29 is 8.78 Å². The minimum absolute atomic E-state index is 0.524. The summed E-state index contributed by atoms with van der Waals surface area (Å²) in [4.78, 5) is 0.820. The van der Waals surface area contributed by atoms with Gasteiger partial charge in [0.15, 0.2) is 11.6 Å². The van der Waals surface area contributed by atoms with Gasteiger partial charge in [-0.2, -0.15) is 0 Å². The summed E-state index contributed by atoms with van der Waals surface area (Å²) in [5.41, 5.74) is 0. The van der Waals surface area contributed by atoms with E-state index >= 15 is 0 Å². The van der Waals surface area contributed by atoms with Crippen LogP contribution in [-0.2, 0) is 0 Å². The van der Waals surface area contributed by atoms with E-state index in [1.54, 1.807) is 17.8 Å². The average Bonchev–Trinajstić information content (AvgIpc) is 2.25. The maximum atomic E-state index is 12.9. The molecule has 82 valence electrons. The van der Waals surface area contributed by atoms with Crippen LogP contribution in [0.2, 0.25) is 0 Å². The molecule has 0 aromatic heterocycles. The molecule has 0 aliphatic carbocycles. The van der Waals surface area contributed by atoms with Crippen LogP contribution >= 0.6 is 11.8 Å². The normalized spacial score (nSPS) is 18.0. The van der Waals surface area contributed by atoms with Crippen molar-refractivity contribution in [3.05, 3.63) is 29.8 Å². The zero-order valence-electron chi connectivity index (χ0n) is 8.30. The molecule has 1 aromatic rings.